The zero-order valence-corrected chi connectivity index (χ0v) is 9.37. The van der Waals surface area contributed by atoms with Gasteiger partial charge in [0.2, 0.25) is 0 Å². The minimum atomic E-state index is 0.752. The molecule has 2 nitrogen and oxygen atoms in total. The minimum absolute atomic E-state index is 0.752. The number of anilines is 1. The minimum Gasteiger partial charge on any atom is -0.397 e. The lowest BCUT2D eigenvalue weighted by atomic mass is 10.1. The first-order valence-corrected chi connectivity index (χ1v) is 5.87. The Kier molecular flexibility index (Phi) is 3.72. The van der Waals surface area contributed by atoms with E-state index in [2.05, 4.69) is 18.8 Å². The third-order valence-corrected chi connectivity index (χ3v) is 2.81. The van der Waals surface area contributed by atoms with E-state index in [0.29, 0.717) is 0 Å². The zero-order chi connectivity index (χ0) is 9.84. The summed E-state index contributed by atoms with van der Waals surface area (Å²) < 4.78 is 0. The molecule has 0 aliphatic rings. The maximum Gasteiger partial charge on any atom is 0.0955 e. The van der Waals surface area contributed by atoms with E-state index in [1.54, 1.807) is 11.8 Å². The highest BCUT2D eigenvalue weighted by molar-refractivity contribution is 7.98. The molecule has 1 aromatic rings. The molecule has 0 atom stereocenters. The van der Waals surface area contributed by atoms with E-state index in [-0.39, 0.29) is 0 Å². The van der Waals surface area contributed by atoms with Crippen LogP contribution in [0.25, 0.3) is 0 Å². The van der Waals surface area contributed by atoms with Crippen LogP contribution < -0.4 is 5.73 Å². The van der Waals surface area contributed by atoms with E-state index in [1.807, 2.05) is 12.3 Å². The fourth-order valence-corrected chi connectivity index (χ4v) is 1.78. The SMILES string of the molecule is CSc1[nH]c(CCC(C)C)cc1N. The van der Waals surface area contributed by atoms with E-state index in [1.165, 1.54) is 12.1 Å². The van der Waals surface area contributed by atoms with Crippen molar-refractivity contribution < 1.29 is 0 Å². The third-order valence-electron chi connectivity index (χ3n) is 2.06. The summed E-state index contributed by atoms with van der Waals surface area (Å²) in [5.74, 6) is 0.752. The van der Waals surface area contributed by atoms with E-state index < -0.39 is 0 Å². The van der Waals surface area contributed by atoms with E-state index >= 15 is 0 Å². The van der Waals surface area contributed by atoms with Crippen molar-refractivity contribution in [3.63, 3.8) is 0 Å². The van der Waals surface area contributed by atoms with Gasteiger partial charge in [-0.1, -0.05) is 13.8 Å². The first kappa shape index (κ1) is 10.5. The summed E-state index contributed by atoms with van der Waals surface area (Å²) in [6.07, 6.45) is 4.35. The molecule has 0 radical (unpaired) electrons. The molecule has 0 fully saturated rings. The third kappa shape index (κ3) is 2.99. The first-order chi connectivity index (χ1) is 6.13. The van der Waals surface area contributed by atoms with Gasteiger partial charge in [0.15, 0.2) is 0 Å². The van der Waals surface area contributed by atoms with Gasteiger partial charge in [0.25, 0.3) is 0 Å². The van der Waals surface area contributed by atoms with Crippen LogP contribution in [0.3, 0.4) is 0 Å². The number of aromatic amines is 1. The molecule has 1 heterocycles. The van der Waals surface area contributed by atoms with E-state index in [0.717, 1.165) is 23.1 Å². The normalized spacial score (nSPS) is 11.1. The van der Waals surface area contributed by atoms with Gasteiger partial charge in [-0.05, 0) is 31.1 Å². The molecule has 0 aliphatic heterocycles. The lowest BCUT2D eigenvalue weighted by Crippen LogP contribution is -1.91. The predicted molar refractivity (Wildman–Crippen MR) is 60.1 cm³/mol. The molecule has 74 valence electrons. The average Bonchev–Trinajstić information content (AvgIpc) is 2.43. The van der Waals surface area contributed by atoms with Crippen molar-refractivity contribution in [2.75, 3.05) is 12.0 Å². The number of nitrogen functional groups attached to an aromatic ring is 1. The number of hydrogen-bond acceptors (Lipinski definition) is 2. The molecule has 0 spiro atoms. The Morgan fingerprint density at radius 1 is 1.54 bits per heavy atom. The lowest BCUT2D eigenvalue weighted by molar-refractivity contribution is 0.581. The number of hydrogen-bond donors (Lipinski definition) is 2. The molecule has 0 aliphatic carbocycles. The molecule has 3 heteroatoms. The summed E-state index contributed by atoms with van der Waals surface area (Å²) in [5.41, 5.74) is 7.95. The number of thioether (sulfide) groups is 1. The summed E-state index contributed by atoms with van der Waals surface area (Å²) in [7, 11) is 0. The van der Waals surface area contributed by atoms with Gasteiger partial charge in [-0.3, -0.25) is 0 Å². The Bertz CT molecular complexity index is 266. The van der Waals surface area contributed by atoms with Crippen LogP contribution >= 0.6 is 11.8 Å². The molecule has 0 bridgehead atoms. The number of aryl methyl sites for hydroxylation is 1. The summed E-state index contributed by atoms with van der Waals surface area (Å²) in [4.78, 5) is 3.32. The van der Waals surface area contributed by atoms with Gasteiger partial charge in [-0.15, -0.1) is 11.8 Å². The number of aromatic nitrogens is 1. The number of H-pyrrole nitrogens is 1. The van der Waals surface area contributed by atoms with Crippen molar-refractivity contribution in [3.05, 3.63) is 11.8 Å². The van der Waals surface area contributed by atoms with Crippen molar-refractivity contribution >= 4 is 17.4 Å². The first-order valence-electron chi connectivity index (χ1n) is 4.64. The fourth-order valence-electron chi connectivity index (χ4n) is 1.26. The highest BCUT2D eigenvalue weighted by Crippen LogP contribution is 2.23. The molecule has 0 amide bonds. The van der Waals surface area contributed by atoms with Crippen LogP contribution in [-0.4, -0.2) is 11.2 Å². The summed E-state index contributed by atoms with van der Waals surface area (Å²) in [5, 5.41) is 1.10. The Morgan fingerprint density at radius 2 is 2.23 bits per heavy atom. The number of rotatable bonds is 4. The molecule has 1 aromatic heterocycles. The van der Waals surface area contributed by atoms with Crippen LogP contribution in [0.4, 0.5) is 5.69 Å². The van der Waals surface area contributed by atoms with Gasteiger partial charge >= 0.3 is 0 Å². The Hall–Kier alpha value is -0.570. The second-order valence-corrected chi connectivity index (χ2v) is 4.53. The largest absolute Gasteiger partial charge is 0.397 e. The molecule has 0 saturated carbocycles. The highest BCUT2D eigenvalue weighted by Gasteiger charge is 2.04. The van der Waals surface area contributed by atoms with Crippen molar-refractivity contribution in [2.45, 2.75) is 31.7 Å². The molecule has 1 rings (SSSR count). The van der Waals surface area contributed by atoms with Crippen molar-refractivity contribution in [1.29, 1.82) is 0 Å². The van der Waals surface area contributed by atoms with Crippen LogP contribution in [0.2, 0.25) is 0 Å². The second kappa shape index (κ2) is 4.61. The topological polar surface area (TPSA) is 41.8 Å². The van der Waals surface area contributed by atoms with E-state index in [9.17, 15) is 0 Å². The monoisotopic (exact) mass is 198 g/mol. The molecule has 0 aromatic carbocycles. The van der Waals surface area contributed by atoms with Gasteiger partial charge < -0.3 is 10.7 Å². The Morgan fingerprint density at radius 3 is 2.69 bits per heavy atom. The highest BCUT2D eigenvalue weighted by atomic mass is 32.2. The fraction of sp³-hybridized carbons (Fsp3) is 0.600. The van der Waals surface area contributed by atoms with Gasteiger partial charge in [0, 0.05) is 5.69 Å². The zero-order valence-electron chi connectivity index (χ0n) is 8.55. The Labute approximate surface area is 84.3 Å². The van der Waals surface area contributed by atoms with Gasteiger partial charge in [-0.25, -0.2) is 0 Å². The molecular weight excluding hydrogens is 180 g/mol. The summed E-state index contributed by atoms with van der Waals surface area (Å²) in [6, 6.07) is 2.05. The molecule has 3 N–H and O–H groups in total. The summed E-state index contributed by atoms with van der Waals surface area (Å²) >= 11 is 1.67. The maximum atomic E-state index is 5.81. The van der Waals surface area contributed by atoms with Crippen LogP contribution in [0.5, 0.6) is 0 Å². The van der Waals surface area contributed by atoms with Crippen LogP contribution in [0.15, 0.2) is 11.1 Å². The predicted octanol–water partition coefficient (Wildman–Crippen LogP) is 2.91. The lowest BCUT2D eigenvalue weighted by Gasteiger charge is -2.01. The standard InChI is InChI=1S/C10H18N2S/c1-7(2)4-5-8-6-9(11)10(12-8)13-3/h6-7,12H,4-5,11H2,1-3H3. The molecule has 0 saturated heterocycles. The number of nitrogens with two attached hydrogens (primary N) is 1. The Balaban J connectivity index is 2.57. The van der Waals surface area contributed by atoms with Crippen molar-refractivity contribution in [3.8, 4) is 0 Å². The van der Waals surface area contributed by atoms with Crippen LogP contribution in [0, 0.1) is 5.92 Å². The second-order valence-electron chi connectivity index (χ2n) is 3.72. The van der Waals surface area contributed by atoms with Crippen molar-refractivity contribution in [2.24, 2.45) is 5.92 Å². The smallest absolute Gasteiger partial charge is 0.0955 e. The van der Waals surface area contributed by atoms with Gasteiger partial charge in [0.1, 0.15) is 0 Å². The molecular formula is C10H18N2S. The average molecular weight is 198 g/mol. The van der Waals surface area contributed by atoms with E-state index in [4.69, 9.17) is 5.73 Å². The van der Waals surface area contributed by atoms with Crippen LogP contribution in [0.1, 0.15) is 26.0 Å². The van der Waals surface area contributed by atoms with Crippen LogP contribution in [-0.2, 0) is 6.42 Å². The molecule has 0 unspecified atom stereocenters. The quantitative estimate of drug-likeness (QED) is 0.730. The van der Waals surface area contributed by atoms with Gasteiger partial charge in [-0.2, -0.15) is 0 Å². The summed E-state index contributed by atoms with van der Waals surface area (Å²) in [6.45, 7) is 4.48. The van der Waals surface area contributed by atoms with Gasteiger partial charge in [0.05, 0.1) is 10.7 Å². The van der Waals surface area contributed by atoms with Crippen molar-refractivity contribution in [1.82, 2.24) is 4.98 Å². The molecule has 13 heavy (non-hydrogen) atoms. The maximum absolute atomic E-state index is 5.81. The number of nitrogens with one attached hydrogen (secondary N) is 1.